The first-order chi connectivity index (χ1) is 34.5. The van der Waals surface area contributed by atoms with Crippen molar-refractivity contribution in [2.75, 3.05) is 0 Å². The average molecular weight is 1070 g/mol. The summed E-state index contributed by atoms with van der Waals surface area (Å²) in [4.78, 5) is 21.5. The van der Waals surface area contributed by atoms with Crippen LogP contribution in [0.25, 0.3) is 78.7 Å². The lowest BCUT2D eigenvalue weighted by atomic mass is 10.0. The van der Waals surface area contributed by atoms with Crippen molar-refractivity contribution >= 4 is 90.7 Å². The van der Waals surface area contributed by atoms with Gasteiger partial charge in [-0.25, -0.2) is 0 Å². The Bertz CT molecular complexity index is 2960. The van der Waals surface area contributed by atoms with Gasteiger partial charge in [0, 0.05) is 73.2 Å². The SMILES string of the molecule is CCCCCCc1ccsc1-c1ccc(-c2ccc(-c3sc(-c4cc(CCCCCC)c(-c5ccc(-c6ccc(-c7sc(-c8ccccc8)cc7CCCCCC)s6)s5)s4)cc3CCCCCC)s2)s1. The van der Waals surface area contributed by atoms with Crippen molar-refractivity contribution in [1.82, 2.24) is 0 Å². The van der Waals surface area contributed by atoms with Crippen molar-refractivity contribution in [1.29, 1.82) is 0 Å². The van der Waals surface area contributed by atoms with Gasteiger partial charge in [-0.05, 0) is 157 Å². The Morgan fingerprint density at radius 3 is 1.01 bits per heavy atom. The number of aryl methyl sites for hydroxylation is 4. The van der Waals surface area contributed by atoms with E-state index >= 15 is 0 Å². The van der Waals surface area contributed by atoms with Gasteiger partial charge >= 0.3 is 0 Å². The van der Waals surface area contributed by atoms with E-state index in [9.17, 15) is 0 Å². The van der Waals surface area contributed by atoms with Gasteiger partial charge in [0.15, 0.2) is 0 Å². The molecule has 366 valence electrons. The van der Waals surface area contributed by atoms with E-state index in [1.165, 1.54) is 205 Å². The van der Waals surface area contributed by atoms with Crippen LogP contribution in [0.4, 0.5) is 0 Å². The zero-order valence-corrected chi connectivity index (χ0v) is 48.3. The molecular formula is C62H70S8. The van der Waals surface area contributed by atoms with Crippen LogP contribution in [0.1, 0.15) is 153 Å². The van der Waals surface area contributed by atoms with Crippen LogP contribution < -0.4 is 0 Å². The van der Waals surface area contributed by atoms with Gasteiger partial charge < -0.3 is 0 Å². The van der Waals surface area contributed by atoms with Gasteiger partial charge in [0.1, 0.15) is 0 Å². The van der Waals surface area contributed by atoms with E-state index in [-0.39, 0.29) is 0 Å². The lowest BCUT2D eigenvalue weighted by Gasteiger charge is -2.02. The smallest absolute Gasteiger partial charge is 0.0481 e. The molecule has 0 unspecified atom stereocenters. The highest BCUT2D eigenvalue weighted by Crippen LogP contribution is 2.51. The fourth-order valence-electron chi connectivity index (χ4n) is 9.54. The van der Waals surface area contributed by atoms with E-state index in [2.05, 4.69) is 136 Å². The first-order valence-electron chi connectivity index (χ1n) is 26.4. The molecular weight excluding hydrogens is 1000 g/mol. The molecule has 70 heavy (non-hydrogen) atoms. The minimum Gasteiger partial charge on any atom is -0.143 e. The van der Waals surface area contributed by atoms with Crippen LogP contribution in [-0.4, -0.2) is 0 Å². The van der Waals surface area contributed by atoms with Crippen molar-refractivity contribution < 1.29 is 0 Å². The Balaban J connectivity index is 0.986. The minimum absolute atomic E-state index is 1.15. The minimum atomic E-state index is 1.15. The van der Waals surface area contributed by atoms with Crippen LogP contribution in [0.15, 0.2) is 109 Å². The molecule has 0 spiro atoms. The summed E-state index contributed by atoms with van der Waals surface area (Å²) in [6, 6.07) is 40.2. The van der Waals surface area contributed by atoms with E-state index in [0.29, 0.717) is 0 Å². The van der Waals surface area contributed by atoms with Gasteiger partial charge in [0.25, 0.3) is 0 Å². The highest BCUT2D eigenvalue weighted by Gasteiger charge is 2.22. The zero-order chi connectivity index (χ0) is 48.1. The number of thiophene rings is 8. The van der Waals surface area contributed by atoms with Crippen molar-refractivity contribution in [2.45, 2.75) is 156 Å². The Hall–Kier alpha value is -3.18. The predicted octanol–water partition coefficient (Wildman–Crippen LogP) is 24.0. The summed E-state index contributed by atoms with van der Waals surface area (Å²) in [6.07, 6.45) is 25.3. The molecule has 8 heteroatoms. The van der Waals surface area contributed by atoms with E-state index in [1.54, 1.807) is 5.56 Å². The van der Waals surface area contributed by atoms with E-state index in [1.807, 2.05) is 90.7 Å². The summed E-state index contributed by atoms with van der Waals surface area (Å²) in [5.41, 5.74) is 7.46. The predicted molar refractivity (Wildman–Crippen MR) is 324 cm³/mol. The molecule has 9 rings (SSSR count). The number of rotatable bonds is 28. The highest BCUT2D eigenvalue weighted by molar-refractivity contribution is 7.31. The summed E-state index contributed by atoms with van der Waals surface area (Å²) < 4.78 is 0. The molecule has 0 fully saturated rings. The summed E-state index contributed by atoms with van der Waals surface area (Å²) >= 11 is 16.0. The van der Waals surface area contributed by atoms with Crippen LogP contribution in [0.3, 0.4) is 0 Å². The Kier molecular flexibility index (Phi) is 19.3. The molecule has 0 saturated carbocycles. The molecule has 8 aromatic heterocycles. The van der Waals surface area contributed by atoms with Gasteiger partial charge in [-0.3, -0.25) is 0 Å². The Morgan fingerprint density at radius 1 is 0.271 bits per heavy atom. The van der Waals surface area contributed by atoms with Gasteiger partial charge in [-0.15, -0.1) is 90.7 Å². The fourth-order valence-corrected chi connectivity index (χ4v) is 19.0. The molecule has 0 saturated heterocycles. The third kappa shape index (κ3) is 12.9. The quantitative estimate of drug-likeness (QED) is 0.0429. The van der Waals surface area contributed by atoms with Crippen LogP contribution >= 0.6 is 90.7 Å². The molecule has 0 amide bonds. The summed E-state index contributed by atoms with van der Waals surface area (Å²) in [6.45, 7) is 9.26. The number of hydrogen-bond donors (Lipinski definition) is 0. The molecule has 8 heterocycles. The first kappa shape index (κ1) is 51.7. The second-order valence-electron chi connectivity index (χ2n) is 18.9. The van der Waals surface area contributed by atoms with Crippen molar-refractivity contribution in [3.63, 3.8) is 0 Å². The summed E-state index contributed by atoms with van der Waals surface area (Å²) in [5, 5.41) is 2.30. The topological polar surface area (TPSA) is 0 Å². The second kappa shape index (κ2) is 26.2. The van der Waals surface area contributed by atoms with Crippen LogP contribution in [0.2, 0.25) is 0 Å². The normalized spacial score (nSPS) is 11.7. The number of hydrogen-bond acceptors (Lipinski definition) is 8. The monoisotopic (exact) mass is 1070 g/mol. The van der Waals surface area contributed by atoms with Crippen molar-refractivity contribution in [2.24, 2.45) is 0 Å². The molecule has 0 aliphatic heterocycles. The summed E-state index contributed by atoms with van der Waals surface area (Å²) in [7, 11) is 0. The molecule has 0 N–H and O–H groups in total. The van der Waals surface area contributed by atoms with E-state index < -0.39 is 0 Å². The molecule has 0 atom stereocenters. The van der Waals surface area contributed by atoms with Gasteiger partial charge in [0.2, 0.25) is 0 Å². The molecule has 0 aliphatic carbocycles. The van der Waals surface area contributed by atoms with Crippen molar-refractivity contribution in [3.8, 4) is 78.7 Å². The standard InChI is InChI=1S/C62H70S8/c1-5-9-13-18-26-44-38-39-63-59(44)52-34-30-48(64-52)49-32-36-54(66-49)61-46(28-20-15-11-7-3)41-57(69-61)58-42-47(29-21-16-12-8-4)62(70-58)55-37-33-51(67-55)50-31-35-53(65-50)60-45(27-19-14-10-6-2)40-56(68-60)43-24-22-17-23-25-43/h17,22-25,30-42H,5-16,18-21,26-29H2,1-4H3. The fraction of sp³-hybridized carbons (Fsp3) is 0.387. The zero-order valence-electron chi connectivity index (χ0n) is 41.8. The largest absolute Gasteiger partial charge is 0.143 e. The third-order valence-corrected chi connectivity index (χ3v) is 23.7. The van der Waals surface area contributed by atoms with E-state index in [4.69, 9.17) is 0 Å². The maximum Gasteiger partial charge on any atom is 0.0481 e. The third-order valence-electron chi connectivity index (χ3n) is 13.5. The molecule has 0 aliphatic rings. The van der Waals surface area contributed by atoms with Gasteiger partial charge in [0.05, 0.1) is 0 Å². The van der Waals surface area contributed by atoms with Gasteiger partial charge in [-0.1, -0.05) is 135 Å². The van der Waals surface area contributed by atoms with E-state index in [0.717, 1.165) is 19.3 Å². The molecule has 0 bridgehead atoms. The number of unbranched alkanes of at least 4 members (excludes halogenated alkanes) is 12. The molecule has 1 aromatic carbocycles. The van der Waals surface area contributed by atoms with Gasteiger partial charge in [-0.2, -0.15) is 0 Å². The van der Waals surface area contributed by atoms with Crippen LogP contribution in [0, 0.1) is 0 Å². The molecule has 0 radical (unpaired) electrons. The van der Waals surface area contributed by atoms with Crippen LogP contribution in [0.5, 0.6) is 0 Å². The lowest BCUT2D eigenvalue weighted by Crippen LogP contribution is -1.85. The molecule has 0 nitrogen and oxygen atoms in total. The molecule has 9 aromatic rings. The van der Waals surface area contributed by atoms with Crippen LogP contribution in [-0.2, 0) is 25.7 Å². The van der Waals surface area contributed by atoms with Crippen molar-refractivity contribution in [3.05, 3.63) is 131 Å². The lowest BCUT2D eigenvalue weighted by molar-refractivity contribution is 0.668. The average Bonchev–Trinajstić information content (AvgIpc) is 4.24. The highest BCUT2D eigenvalue weighted by atomic mass is 32.1. The summed E-state index contributed by atoms with van der Waals surface area (Å²) in [5.74, 6) is 0. The number of benzene rings is 1. The maximum atomic E-state index is 2.59. The Labute approximate surface area is 452 Å². The second-order valence-corrected chi connectivity index (χ2v) is 27.3. The maximum absolute atomic E-state index is 2.59. The first-order valence-corrected chi connectivity index (χ1v) is 33.0. The Morgan fingerprint density at radius 2 is 0.614 bits per heavy atom.